The molecular weight excluding hydrogens is 388 g/mol. The number of amides is 1. The molecule has 1 amide bonds. The van der Waals surface area contributed by atoms with Gasteiger partial charge in [0.1, 0.15) is 11.6 Å². The molecule has 1 aromatic heterocycles. The van der Waals surface area contributed by atoms with Crippen molar-refractivity contribution in [2.24, 2.45) is 0 Å². The molecule has 1 aliphatic rings. The molecule has 2 heterocycles. The Hall–Kier alpha value is -3.39. The molecule has 1 fully saturated rings. The summed E-state index contributed by atoms with van der Waals surface area (Å²) in [5.74, 6) is -0.213. The number of rotatable bonds is 5. The van der Waals surface area contributed by atoms with Crippen molar-refractivity contribution in [2.45, 2.75) is 0 Å². The van der Waals surface area contributed by atoms with Gasteiger partial charge in [-0.15, -0.1) is 10.2 Å². The van der Waals surface area contributed by atoms with E-state index in [-0.39, 0.29) is 24.0 Å². The molecule has 2 aromatic carbocycles. The van der Waals surface area contributed by atoms with Gasteiger partial charge in [0.05, 0.1) is 17.9 Å². The molecule has 4 rings (SSSR count). The summed E-state index contributed by atoms with van der Waals surface area (Å²) in [6.07, 6.45) is 0. The van der Waals surface area contributed by atoms with E-state index in [0.717, 1.165) is 11.4 Å². The topological polar surface area (TPSA) is 61.4 Å². The quantitative estimate of drug-likeness (QED) is 0.701. The highest BCUT2D eigenvalue weighted by Crippen LogP contribution is 2.20. The number of hydrogen-bond donors (Lipinski definition) is 1. The van der Waals surface area contributed by atoms with E-state index < -0.39 is 5.82 Å². The monoisotopic (exact) mass is 409 g/mol. The Kier molecular flexibility index (Phi) is 5.94. The Labute approximate surface area is 173 Å². The minimum absolute atomic E-state index is 0.192. The highest BCUT2D eigenvalue weighted by Gasteiger charge is 2.20. The van der Waals surface area contributed by atoms with E-state index in [9.17, 15) is 13.6 Å². The molecule has 1 N–H and O–H groups in total. The molecule has 8 heteroatoms. The number of carbonyl (C=O) groups excluding carboxylic acids is 1. The number of benzene rings is 2. The zero-order valence-electron chi connectivity index (χ0n) is 16.3. The lowest BCUT2D eigenvalue weighted by Gasteiger charge is -2.34. The molecule has 0 bridgehead atoms. The summed E-state index contributed by atoms with van der Waals surface area (Å²) < 4.78 is 26.7. The second kappa shape index (κ2) is 8.96. The average molecular weight is 409 g/mol. The Morgan fingerprint density at radius 2 is 1.63 bits per heavy atom. The molecule has 1 saturated heterocycles. The second-order valence-corrected chi connectivity index (χ2v) is 7.07. The Morgan fingerprint density at radius 1 is 0.900 bits per heavy atom. The molecule has 0 unspecified atom stereocenters. The Morgan fingerprint density at radius 3 is 2.30 bits per heavy atom. The van der Waals surface area contributed by atoms with Crippen molar-refractivity contribution in [1.82, 2.24) is 15.1 Å². The number of nitrogens with zero attached hydrogens (tertiary/aromatic N) is 4. The first-order valence-corrected chi connectivity index (χ1v) is 9.70. The van der Waals surface area contributed by atoms with Gasteiger partial charge in [-0.05, 0) is 48.5 Å². The van der Waals surface area contributed by atoms with Gasteiger partial charge in [-0.2, -0.15) is 0 Å². The summed E-state index contributed by atoms with van der Waals surface area (Å²) >= 11 is 0. The number of piperazine rings is 1. The number of nitrogens with one attached hydrogen (secondary N) is 1. The van der Waals surface area contributed by atoms with Gasteiger partial charge in [0.2, 0.25) is 5.91 Å². The van der Waals surface area contributed by atoms with E-state index >= 15 is 0 Å². The third-order valence-electron chi connectivity index (χ3n) is 5.00. The maximum absolute atomic E-state index is 13.7. The van der Waals surface area contributed by atoms with E-state index in [0.29, 0.717) is 31.9 Å². The molecule has 0 aliphatic carbocycles. The summed E-state index contributed by atoms with van der Waals surface area (Å²) in [5.41, 5.74) is 1.68. The number of para-hydroxylation sites is 1. The summed E-state index contributed by atoms with van der Waals surface area (Å²) in [6, 6.07) is 16.0. The molecule has 0 atom stereocenters. The summed E-state index contributed by atoms with van der Waals surface area (Å²) in [7, 11) is 0. The summed E-state index contributed by atoms with van der Waals surface area (Å²) in [6.45, 7) is 2.99. The standard InChI is InChI=1S/C22H21F2N5O/c23-17-7-5-16(6-8-17)19-9-10-21(27-26-19)29-13-11-28(12-14-29)15-22(30)25-20-4-2-1-3-18(20)24/h1-10H,11-15H2,(H,25,30). The molecule has 0 spiro atoms. The van der Waals surface area contributed by atoms with Crippen molar-refractivity contribution in [1.29, 1.82) is 0 Å². The van der Waals surface area contributed by atoms with Crippen LogP contribution in [0, 0.1) is 11.6 Å². The van der Waals surface area contributed by atoms with Crippen LogP contribution in [0.2, 0.25) is 0 Å². The Bertz CT molecular complexity index is 1000. The van der Waals surface area contributed by atoms with Crippen molar-refractivity contribution < 1.29 is 13.6 Å². The first-order valence-electron chi connectivity index (χ1n) is 9.70. The molecule has 6 nitrogen and oxygen atoms in total. The molecular formula is C22H21F2N5O. The number of anilines is 2. The minimum Gasteiger partial charge on any atom is -0.353 e. The minimum atomic E-state index is -0.446. The number of carbonyl (C=O) groups is 1. The van der Waals surface area contributed by atoms with Gasteiger partial charge in [-0.1, -0.05) is 12.1 Å². The highest BCUT2D eigenvalue weighted by molar-refractivity contribution is 5.92. The van der Waals surface area contributed by atoms with E-state index in [4.69, 9.17) is 0 Å². The predicted molar refractivity (Wildman–Crippen MR) is 111 cm³/mol. The zero-order chi connectivity index (χ0) is 20.9. The number of aromatic nitrogens is 2. The van der Waals surface area contributed by atoms with Gasteiger partial charge in [-0.25, -0.2) is 8.78 Å². The highest BCUT2D eigenvalue weighted by atomic mass is 19.1. The first-order chi connectivity index (χ1) is 14.6. The van der Waals surface area contributed by atoms with Crippen LogP contribution in [-0.4, -0.2) is 53.7 Å². The molecule has 0 radical (unpaired) electrons. The van der Waals surface area contributed by atoms with Gasteiger partial charge in [0.25, 0.3) is 0 Å². The lowest BCUT2D eigenvalue weighted by molar-refractivity contribution is -0.117. The van der Waals surface area contributed by atoms with Gasteiger partial charge in [-0.3, -0.25) is 9.69 Å². The van der Waals surface area contributed by atoms with Crippen LogP contribution >= 0.6 is 0 Å². The van der Waals surface area contributed by atoms with Crippen molar-refractivity contribution in [3.63, 3.8) is 0 Å². The molecule has 30 heavy (non-hydrogen) atoms. The van der Waals surface area contributed by atoms with Crippen LogP contribution in [-0.2, 0) is 4.79 Å². The summed E-state index contributed by atoms with van der Waals surface area (Å²) in [5, 5.41) is 11.2. The molecule has 3 aromatic rings. The molecule has 154 valence electrons. The van der Waals surface area contributed by atoms with Crippen LogP contribution in [0.1, 0.15) is 0 Å². The van der Waals surface area contributed by atoms with Crippen molar-refractivity contribution in [2.75, 3.05) is 42.9 Å². The van der Waals surface area contributed by atoms with Crippen molar-refractivity contribution in [3.8, 4) is 11.3 Å². The average Bonchev–Trinajstić information content (AvgIpc) is 2.77. The maximum atomic E-state index is 13.7. The fourth-order valence-corrected chi connectivity index (χ4v) is 3.36. The lowest BCUT2D eigenvalue weighted by Crippen LogP contribution is -2.49. The lowest BCUT2D eigenvalue weighted by atomic mass is 10.1. The largest absolute Gasteiger partial charge is 0.353 e. The van der Waals surface area contributed by atoms with Gasteiger partial charge < -0.3 is 10.2 Å². The van der Waals surface area contributed by atoms with Gasteiger partial charge in [0, 0.05) is 31.7 Å². The fraction of sp³-hybridized carbons (Fsp3) is 0.227. The number of halogens is 2. The van der Waals surface area contributed by atoms with Crippen LogP contribution in [0.15, 0.2) is 60.7 Å². The molecule has 0 saturated carbocycles. The van der Waals surface area contributed by atoms with Crippen LogP contribution in [0.4, 0.5) is 20.3 Å². The van der Waals surface area contributed by atoms with Crippen LogP contribution in [0.25, 0.3) is 11.3 Å². The molecule has 1 aliphatic heterocycles. The van der Waals surface area contributed by atoms with Crippen molar-refractivity contribution in [3.05, 3.63) is 72.3 Å². The van der Waals surface area contributed by atoms with Gasteiger partial charge in [0.15, 0.2) is 5.82 Å². The van der Waals surface area contributed by atoms with E-state index in [1.54, 1.807) is 30.3 Å². The van der Waals surface area contributed by atoms with Crippen LogP contribution in [0.5, 0.6) is 0 Å². The van der Waals surface area contributed by atoms with Gasteiger partial charge >= 0.3 is 0 Å². The normalized spacial score (nSPS) is 14.5. The van der Waals surface area contributed by atoms with Crippen LogP contribution in [0.3, 0.4) is 0 Å². The smallest absolute Gasteiger partial charge is 0.238 e. The summed E-state index contributed by atoms with van der Waals surface area (Å²) in [4.78, 5) is 16.3. The van der Waals surface area contributed by atoms with Crippen LogP contribution < -0.4 is 10.2 Å². The first kappa shape index (κ1) is 19.9. The third kappa shape index (κ3) is 4.77. The third-order valence-corrected chi connectivity index (χ3v) is 5.00. The maximum Gasteiger partial charge on any atom is 0.238 e. The number of hydrogen-bond acceptors (Lipinski definition) is 5. The van der Waals surface area contributed by atoms with E-state index in [1.807, 2.05) is 17.0 Å². The van der Waals surface area contributed by atoms with E-state index in [2.05, 4.69) is 20.4 Å². The predicted octanol–water partition coefficient (Wildman–Crippen LogP) is 3.18. The second-order valence-electron chi connectivity index (χ2n) is 7.07. The SMILES string of the molecule is O=C(CN1CCN(c2ccc(-c3ccc(F)cc3)nn2)CC1)Nc1ccccc1F. The van der Waals surface area contributed by atoms with Crippen molar-refractivity contribution >= 4 is 17.4 Å². The fourth-order valence-electron chi connectivity index (χ4n) is 3.36. The Balaban J connectivity index is 1.29. The zero-order valence-corrected chi connectivity index (χ0v) is 16.3. The van der Waals surface area contributed by atoms with E-state index in [1.165, 1.54) is 18.2 Å².